The van der Waals surface area contributed by atoms with Crippen LogP contribution >= 0.6 is 46.4 Å². The lowest BCUT2D eigenvalue weighted by atomic mass is 10.1. The molecule has 180 valence electrons. The van der Waals surface area contributed by atoms with E-state index in [0.717, 1.165) is 14.9 Å². The lowest BCUT2D eigenvalue weighted by molar-refractivity contribution is 0.0742. The summed E-state index contributed by atoms with van der Waals surface area (Å²) in [5.41, 5.74) is 2.17. The van der Waals surface area contributed by atoms with Gasteiger partial charge in [-0.2, -0.15) is 0 Å². The molecule has 2 amide bonds. The molecule has 0 aromatic heterocycles. The predicted molar refractivity (Wildman–Crippen MR) is 149 cm³/mol. The Bertz CT molecular complexity index is 1270. The van der Waals surface area contributed by atoms with E-state index in [9.17, 15) is 14.0 Å². The summed E-state index contributed by atoms with van der Waals surface area (Å²) in [5, 5.41) is 6.16. The van der Waals surface area contributed by atoms with E-state index in [-0.39, 0.29) is 22.5 Å². The average molecular weight is 623 g/mol. The molecule has 1 heterocycles. The van der Waals surface area contributed by atoms with Gasteiger partial charge in [0.05, 0.1) is 16.1 Å². The highest BCUT2D eigenvalue weighted by Crippen LogP contribution is 2.21. The summed E-state index contributed by atoms with van der Waals surface area (Å²) >= 11 is 13.5. The zero-order chi connectivity index (χ0) is 24.9. The summed E-state index contributed by atoms with van der Waals surface area (Å²) in [6.07, 6.45) is 0. The molecule has 0 bridgehead atoms. The Balaban J connectivity index is 1.30. The monoisotopic (exact) mass is 622 g/mol. The third-order valence-electron chi connectivity index (χ3n) is 5.56. The van der Waals surface area contributed by atoms with Crippen LogP contribution in [0.4, 0.5) is 15.8 Å². The predicted octanol–water partition coefficient (Wildman–Crippen LogP) is 5.17. The third kappa shape index (κ3) is 6.28. The minimum Gasteiger partial charge on any atom is -0.368 e. The van der Waals surface area contributed by atoms with Gasteiger partial charge in [-0.05, 0) is 89.4 Å². The van der Waals surface area contributed by atoms with Crippen molar-refractivity contribution in [3.8, 4) is 0 Å². The van der Waals surface area contributed by atoms with Crippen LogP contribution in [0.5, 0.6) is 0 Å². The summed E-state index contributed by atoms with van der Waals surface area (Å²) < 4.78 is 14.8. The lowest BCUT2D eigenvalue weighted by Gasteiger charge is -2.36. The first kappa shape index (κ1) is 25.3. The van der Waals surface area contributed by atoms with Gasteiger partial charge in [0.15, 0.2) is 5.11 Å². The number of anilines is 2. The van der Waals surface area contributed by atoms with Gasteiger partial charge in [-0.1, -0.05) is 23.7 Å². The number of carbonyl (C=O) groups is 2. The van der Waals surface area contributed by atoms with Gasteiger partial charge in [0.2, 0.25) is 0 Å². The van der Waals surface area contributed by atoms with Crippen LogP contribution in [0, 0.1) is 9.39 Å². The Labute approximate surface area is 226 Å². The van der Waals surface area contributed by atoms with E-state index in [1.165, 1.54) is 12.1 Å². The number of nitrogens with zero attached hydrogens (tertiary/aromatic N) is 2. The second kappa shape index (κ2) is 11.3. The number of piperazine rings is 1. The van der Waals surface area contributed by atoms with Crippen molar-refractivity contribution in [3.05, 3.63) is 92.3 Å². The van der Waals surface area contributed by atoms with Gasteiger partial charge in [0, 0.05) is 41.1 Å². The number of thiocarbonyl (C=S) groups is 1. The average Bonchev–Trinajstić information content (AvgIpc) is 2.86. The molecule has 0 spiro atoms. The number of amides is 2. The van der Waals surface area contributed by atoms with Gasteiger partial charge in [-0.15, -0.1) is 0 Å². The summed E-state index contributed by atoms with van der Waals surface area (Å²) in [7, 11) is 0. The fraction of sp³-hybridized carbons (Fsp3) is 0.160. The number of hydrogen-bond donors (Lipinski definition) is 2. The molecule has 3 aromatic rings. The Morgan fingerprint density at radius 1 is 0.943 bits per heavy atom. The first-order chi connectivity index (χ1) is 16.8. The highest BCUT2D eigenvalue weighted by atomic mass is 127. The van der Waals surface area contributed by atoms with E-state index in [4.69, 9.17) is 23.8 Å². The molecule has 0 aliphatic carbocycles. The Morgan fingerprint density at radius 2 is 1.63 bits per heavy atom. The highest BCUT2D eigenvalue weighted by Gasteiger charge is 2.24. The molecular formula is C25H21ClFIN4O2S. The Morgan fingerprint density at radius 3 is 2.31 bits per heavy atom. The van der Waals surface area contributed by atoms with Gasteiger partial charge in [0.1, 0.15) is 5.82 Å². The molecule has 10 heteroatoms. The maximum atomic E-state index is 14.0. The van der Waals surface area contributed by atoms with Crippen LogP contribution in [0.1, 0.15) is 20.7 Å². The van der Waals surface area contributed by atoms with Crippen molar-refractivity contribution >= 4 is 74.7 Å². The van der Waals surface area contributed by atoms with Crippen LogP contribution in [-0.2, 0) is 0 Å². The van der Waals surface area contributed by atoms with Gasteiger partial charge in [-0.3, -0.25) is 14.9 Å². The second-order valence-corrected chi connectivity index (χ2v) is 9.90. The summed E-state index contributed by atoms with van der Waals surface area (Å²) in [6.45, 7) is 2.28. The minimum atomic E-state index is -0.501. The molecule has 6 nitrogen and oxygen atoms in total. The number of benzene rings is 3. The Kier molecular flexibility index (Phi) is 8.19. The van der Waals surface area contributed by atoms with Gasteiger partial charge >= 0.3 is 0 Å². The van der Waals surface area contributed by atoms with E-state index in [1.807, 2.05) is 30.3 Å². The molecule has 1 aliphatic heterocycles. The molecule has 0 unspecified atom stereocenters. The fourth-order valence-electron chi connectivity index (χ4n) is 3.73. The minimum absolute atomic E-state index is 0.101. The van der Waals surface area contributed by atoms with Crippen molar-refractivity contribution in [1.82, 2.24) is 10.2 Å². The molecule has 0 saturated carbocycles. The van der Waals surface area contributed by atoms with E-state index in [0.29, 0.717) is 36.8 Å². The first-order valence-corrected chi connectivity index (χ1v) is 12.6. The van der Waals surface area contributed by atoms with Crippen molar-refractivity contribution in [2.24, 2.45) is 0 Å². The van der Waals surface area contributed by atoms with Crippen LogP contribution in [0.25, 0.3) is 0 Å². The number of hydrogen-bond acceptors (Lipinski definition) is 4. The maximum Gasteiger partial charge on any atom is 0.258 e. The van der Waals surface area contributed by atoms with Crippen molar-refractivity contribution in [1.29, 1.82) is 0 Å². The number of carbonyl (C=O) groups excluding carboxylic acids is 2. The zero-order valence-corrected chi connectivity index (χ0v) is 22.2. The SMILES string of the molecule is O=C(NC(=S)Nc1ccc(N2CCN(C(=O)c3ccccc3F)CC2)cc1)c1cc(I)ccc1Cl. The molecule has 1 saturated heterocycles. The molecule has 3 aromatic carbocycles. The molecule has 35 heavy (non-hydrogen) atoms. The summed E-state index contributed by atoms with van der Waals surface area (Å²) in [6, 6.07) is 18.8. The van der Waals surface area contributed by atoms with E-state index < -0.39 is 5.82 Å². The van der Waals surface area contributed by atoms with Crippen molar-refractivity contribution in [3.63, 3.8) is 0 Å². The number of halogens is 3. The zero-order valence-electron chi connectivity index (χ0n) is 18.4. The van der Waals surface area contributed by atoms with Crippen LogP contribution < -0.4 is 15.5 Å². The summed E-state index contributed by atoms with van der Waals surface area (Å²) in [4.78, 5) is 28.9. The van der Waals surface area contributed by atoms with Gasteiger partial charge in [-0.25, -0.2) is 4.39 Å². The van der Waals surface area contributed by atoms with E-state index >= 15 is 0 Å². The van der Waals surface area contributed by atoms with Gasteiger partial charge in [0.25, 0.3) is 11.8 Å². The van der Waals surface area contributed by atoms with Crippen LogP contribution in [0.3, 0.4) is 0 Å². The van der Waals surface area contributed by atoms with Crippen molar-refractivity contribution in [2.75, 3.05) is 36.4 Å². The number of nitrogens with one attached hydrogen (secondary N) is 2. The molecule has 1 aliphatic rings. The third-order valence-corrected chi connectivity index (χ3v) is 6.77. The Hall–Kier alpha value is -2.76. The van der Waals surface area contributed by atoms with E-state index in [2.05, 4.69) is 38.1 Å². The van der Waals surface area contributed by atoms with Crippen LogP contribution in [0.2, 0.25) is 5.02 Å². The second-order valence-electron chi connectivity index (χ2n) is 7.84. The molecule has 4 rings (SSSR count). The fourth-order valence-corrected chi connectivity index (χ4v) is 4.64. The molecule has 1 fully saturated rings. The largest absolute Gasteiger partial charge is 0.368 e. The van der Waals surface area contributed by atoms with Crippen molar-refractivity contribution < 1.29 is 14.0 Å². The van der Waals surface area contributed by atoms with Crippen LogP contribution in [-0.4, -0.2) is 48.0 Å². The van der Waals surface area contributed by atoms with Crippen LogP contribution in [0.15, 0.2) is 66.7 Å². The highest BCUT2D eigenvalue weighted by molar-refractivity contribution is 14.1. The smallest absolute Gasteiger partial charge is 0.258 e. The van der Waals surface area contributed by atoms with E-state index in [1.54, 1.807) is 29.2 Å². The first-order valence-electron chi connectivity index (χ1n) is 10.8. The molecular weight excluding hydrogens is 602 g/mol. The molecule has 2 N–H and O–H groups in total. The standard InChI is InChI=1S/C25H21ClFIN4O2S/c26-21-10-5-16(28)15-20(21)23(33)30-25(35)29-17-6-8-18(9-7-17)31-11-13-32(14-12-31)24(34)19-3-1-2-4-22(19)27/h1-10,15H,11-14H2,(H2,29,30,33,35). The number of rotatable bonds is 4. The maximum absolute atomic E-state index is 14.0. The quantitative estimate of drug-likeness (QED) is 0.311. The summed E-state index contributed by atoms with van der Waals surface area (Å²) in [5.74, 6) is -1.17. The molecule has 0 radical (unpaired) electrons. The topological polar surface area (TPSA) is 64.7 Å². The normalized spacial score (nSPS) is 13.3. The van der Waals surface area contributed by atoms with Gasteiger partial charge < -0.3 is 15.1 Å². The molecule has 0 atom stereocenters. The van der Waals surface area contributed by atoms with Crippen molar-refractivity contribution in [2.45, 2.75) is 0 Å². The lowest BCUT2D eigenvalue weighted by Crippen LogP contribution is -2.49.